The van der Waals surface area contributed by atoms with Crippen molar-refractivity contribution in [2.24, 2.45) is 5.73 Å². The number of thioether (sulfide) groups is 1. The van der Waals surface area contributed by atoms with E-state index in [1.165, 1.54) is 6.33 Å². The van der Waals surface area contributed by atoms with Crippen molar-refractivity contribution in [3.63, 3.8) is 0 Å². The molecule has 4 nitrogen and oxygen atoms in total. The zero-order valence-corrected chi connectivity index (χ0v) is 6.84. The molecular weight excluding hydrogens is 160 g/mol. The van der Waals surface area contributed by atoms with E-state index in [-0.39, 0.29) is 0 Å². The third-order valence-electron chi connectivity index (χ3n) is 1.01. The summed E-state index contributed by atoms with van der Waals surface area (Å²) in [6.07, 6.45) is 5.42. The van der Waals surface area contributed by atoms with Crippen molar-refractivity contribution in [1.29, 1.82) is 0 Å². The number of nitrogens with two attached hydrogens (primary N) is 1. The summed E-state index contributed by atoms with van der Waals surface area (Å²) in [5.41, 5.74) is 5.26. The fraction of sp³-hybridized carbons (Fsp3) is 0.333. The van der Waals surface area contributed by atoms with Crippen molar-refractivity contribution in [2.75, 3.05) is 12.3 Å². The van der Waals surface area contributed by atoms with E-state index in [4.69, 9.17) is 5.73 Å². The topological polar surface area (TPSA) is 67.6 Å². The van der Waals surface area contributed by atoms with E-state index in [2.05, 4.69) is 15.2 Å². The lowest BCUT2D eigenvalue weighted by molar-refractivity contribution is 0.975. The predicted octanol–water partition coefficient (Wildman–Crippen LogP) is 0.412. The highest BCUT2D eigenvalue weighted by Gasteiger charge is 1.91. The largest absolute Gasteiger partial charge is 0.327 e. The molecule has 1 aromatic rings. The van der Waals surface area contributed by atoms with Crippen LogP contribution in [0.15, 0.2) is 23.6 Å². The van der Waals surface area contributed by atoms with Crippen LogP contribution in [0, 0.1) is 0 Å². The SMILES string of the molecule is NCC=CCSc1ncn[nH]1. The van der Waals surface area contributed by atoms with E-state index in [1.54, 1.807) is 11.8 Å². The van der Waals surface area contributed by atoms with E-state index < -0.39 is 0 Å². The van der Waals surface area contributed by atoms with E-state index in [0.717, 1.165) is 10.9 Å². The van der Waals surface area contributed by atoms with Crippen molar-refractivity contribution >= 4 is 11.8 Å². The van der Waals surface area contributed by atoms with Crippen LogP contribution in [0.25, 0.3) is 0 Å². The lowest BCUT2D eigenvalue weighted by atomic mass is 10.5. The molecule has 1 heterocycles. The van der Waals surface area contributed by atoms with Gasteiger partial charge in [-0.25, -0.2) is 4.98 Å². The first-order valence-electron chi connectivity index (χ1n) is 3.26. The lowest BCUT2D eigenvalue weighted by Gasteiger charge is -1.88. The van der Waals surface area contributed by atoms with Crippen LogP contribution in [0.2, 0.25) is 0 Å². The number of H-pyrrole nitrogens is 1. The van der Waals surface area contributed by atoms with Crippen LogP contribution >= 0.6 is 11.8 Å². The molecule has 1 rings (SSSR count). The van der Waals surface area contributed by atoms with Crippen LogP contribution in [0.4, 0.5) is 0 Å². The first-order chi connectivity index (χ1) is 5.43. The molecule has 0 saturated carbocycles. The number of nitrogens with zero attached hydrogens (tertiary/aromatic N) is 2. The monoisotopic (exact) mass is 170 g/mol. The van der Waals surface area contributed by atoms with E-state index in [9.17, 15) is 0 Å². The molecule has 0 fully saturated rings. The molecule has 60 valence electrons. The molecule has 0 unspecified atom stereocenters. The van der Waals surface area contributed by atoms with Crippen molar-refractivity contribution in [1.82, 2.24) is 15.2 Å². The van der Waals surface area contributed by atoms with Gasteiger partial charge in [-0.3, -0.25) is 5.10 Å². The molecule has 0 amide bonds. The van der Waals surface area contributed by atoms with Crippen molar-refractivity contribution < 1.29 is 0 Å². The van der Waals surface area contributed by atoms with Crippen LogP contribution in [0.1, 0.15) is 0 Å². The molecule has 11 heavy (non-hydrogen) atoms. The normalized spacial score (nSPS) is 11.0. The third kappa shape index (κ3) is 3.20. The summed E-state index contributed by atoms with van der Waals surface area (Å²) in [6, 6.07) is 0. The maximum atomic E-state index is 5.26. The van der Waals surface area contributed by atoms with Gasteiger partial charge >= 0.3 is 0 Å². The molecule has 0 saturated heterocycles. The number of nitrogens with one attached hydrogen (secondary N) is 1. The van der Waals surface area contributed by atoms with Gasteiger partial charge in [-0.2, -0.15) is 5.10 Å². The Kier molecular flexibility index (Phi) is 3.71. The standard InChI is InChI=1S/C6H10N4S/c7-3-1-2-4-11-6-8-5-9-10-6/h1-2,5H,3-4,7H2,(H,8,9,10). The Bertz CT molecular complexity index is 206. The highest BCUT2D eigenvalue weighted by atomic mass is 32.2. The summed E-state index contributed by atoms with van der Waals surface area (Å²) < 4.78 is 0. The highest BCUT2D eigenvalue weighted by Crippen LogP contribution is 2.09. The molecule has 0 radical (unpaired) electrons. The molecule has 0 atom stereocenters. The Hall–Kier alpha value is -0.810. The molecule has 1 aromatic heterocycles. The van der Waals surface area contributed by atoms with Crippen molar-refractivity contribution in [3.8, 4) is 0 Å². The van der Waals surface area contributed by atoms with E-state index in [1.807, 2.05) is 12.2 Å². The number of hydrogen-bond acceptors (Lipinski definition) is 4. The first kappa shape index (κ1) is 8.29. The zero-order chi connectivity index (χ0) is 7.94. The minimum absolute atomic E-state index is 0.594. The minimum Gasteiger partial charge on any atom is -0.327 e. The van der Waals surface area contributed by atoms with Crippen LogP contribution < -0.4 is 5.73 Å². The summed E-state index contributed by atoms with van der Waals surface area (Å²) in [5, 5.41) is 7.31. The van der Waals surface area contributed by atoms with Gasteiger partial charge in [0.2, 0.25) is 0 Å². The number of aromatic amines is 1. The second-order valence-corrected chi connectivity index (χ2v) is 2.82. The molecule has 0 aliphatic carbocycles. The maximum absolute atomic E-state index is 5.26. The van der Waals surface area contributed by atoms with E-state index >= 15 is 0 Å². The summed E-state index contributed by atoms with van der Waals surface area (Å²) in [4.78, 5) is 3.95. The van der Waals surface area contributed by atoms with Gasteiger partial charge in [0.1, 0.15) is 6.33 Å². The predicted molar refractivity (Wildman–Crippen MR) is 45.3 cm³/mol. The van der Waals surface area contributed by atoms with Crippen LogP contribution in [-0.2, 0) is 0 Å². The quantitative estimate of drug-likeness (QED) is 0.507. The van der Waals surface area contributed by atoms with Crippen molar-refractivity contribution in [2.45, 2.75) is 5.16 Å². The molecular formula is C6H10N4S. The summed E-state index contributed by atoms with van der Waals surface area (Å²) in [7, 11) is 0. The van der Waals surface area contributed by atoms with Gasteiger partial charge in [-0.1, -0.05) is 23.9 Å². The fourth-order valence-corrected chi connectivity index (χ4v) is 1.18. The second-order valence-electron chi connectivity index (χ2n) is 1.81. The lowest BCUT2D eigenvalue weighted by Crippen LogP contribution is -1.92. The van der Waals surface area contributed by atoms with E-state index in [0.29, 0.717) is 6.54 Å². The average Bonchev–Trinajstić information content (AvgIpc) is 2.50. The van der Waals surface area contributed by atoms with Crippen molar-refractivity contribution in [3.05, 3.63) is 18.5 Å². The average molecular weight is 170 g/mol. The van der Waals surface area contributed by atoms with Gasteiger partial charge in [0.05, 0.1) is 0 Å². The summed E-state index contributed by atoms with van der Waals surface area (Å²) in [5.74, 6) is 0.881. The van der Waals surface area contributed by atoms with Crippen LogP contribution in [0.5, 0.6) is 0 Å². The number of rotatable bonds is 4. The molecule has 5 heteroatoms. The summed E-state index contributed by atoms with van der Waals surface area (Å²) >= 11 is 1.60. The molecule has 0 aromatic carbocycles. The molecule has 0 bridgehead atoms. The molecule has 0 aliphatic heterocycles. The van der Waals surface area contributed by atoms with Crippen LogP contribution in [0.3, 0.4) is 0 Å². The van der Waals surface area contributed by atoms with Gasteiger partial charge < -0.3 is 5.73 Å². The molecule has 0 spiro atoms. The van der Waals surface area contributed by atoms with Gasteiger partial charge in [-0.15, -0.1) is 0 Å². The van der Waals surface area contributed by atoms with Gasteiger partial charge in [0.15, 0.2) is 5.16 Å². The number of aromatic nitrogens is 3. The Balaban J connectivity index is 2.19. The highest BCUT2D eigenvalue weighted by molar-refractivity contribution is 7.99. The van der Waals surface area contributed by atoms with Gasteiger partial charge in [0, 0.05) is 12.3 Å². The first-order valence-corrected chi connectivity index (χ1v) is 4.25. The smallest absolute Gasteiger partial charge is 0.183 e. The Labute approximate surface area is 69.3 Å². The van der Waals surface area contributed by atoms with Gasteiger partial charge in [0.25, 0.3) is 0 Å². The Morgan fingerprint density at radius 2 is 2.55 bits per heavy atom. The van der Waals surface area contributed by atoms with Crippen LogP contribution in [-0.4, -0.2) is 27.5 Å². The minimum atomic E-state index is 0.594. The Morgan fingerprint density at radius 1 is 1.64 bits per heavy atom. The fourth-order valence-electron chi connectivity index (χ4n) is 0.555. The number of hydrogen-bond donors (Lipinski definition) is 2. The van der Waals surface area contributed by atoms with Gasteiger partial charge in [-0.05, 0) is 0 Å². The zero-order valence-electron chi connectivity index (χ0n) is 6.03. The third-order valence-corrected chi connectivity index (χ3v) is 1.84. The summed E-state index contributed by atoms with van der Waals surface area (Å²) in [6.45, 7) is 0.594. The molecule has 0 aliphatic rings. The maximum Gasteiger partial charge on any atom is 0.183 e. The Morgan fingerprint density at radius 3 is 3.18 bits per heavy atom. The second kappa shape index (κ2) is 4.92. The molecule has 3 N–H and O–H groups in total.